The van der Waals surface area contributed by atoms with E-state index < -0.39 is 0 Å². The van der Waals surface area contributed by atoms with Crippen LogP contribution in [0.25, 0.3) is 0 Å². The molecule has 108 valence electrons. The predicted molar refractivity (Wildman–Crippen MR) is 74.1 cm³/mol. The fraction of sp³-hybridized carbons (Fsp3) is 0.533. The Morgan fingerprint density at radius 3 is 3.00 bits per heavy atom. The maximum Gasteiger partial charge on any atom is 0.410 e. The van der Waals surface area contributed by atoms with Gasteiger partial charge in [-0.2, -0.15) is 0 Å². The van der Waals surface area contributed by atoms with Gasteiger partial charge in [0.2, 0.25) is 0 Å². The van der Waals surface area contributed by atoms with Crippen molar-refractivity contribution in [1.29, 1.82) is 0 Å². The second-order valence-electron chi connectivity index (χ2n) is 5.46. The van der Waals surface area contributed by atoms with Crippen LogP contribution in [0.1, 0.15) is 18.4 Å². The summed E-state index contributed by atoms with van der Waals surface area (Å²) in [6.07, 6.45) is 1.70. The Morgan fingerprint density at radius 1 is 1.45 bits per heavy atom. The number of hydrogen-bond donors (Lipinski definition) is 1. The zero-order valence-electron chi connectivity index (χ0n) is 11.5. The van der Waals surface area contributed by atoms with Gasteiger partial charge in [-0.25, -0.2) is 4.79 Å². The number of carbonyl (C=O) groups is 1. The molecule has 20 heavy (non-hydrogen) atoms. The molecule has 0 bridgehead atoms. The highest BCUT2D eigenvalue weighted by Gasteiger charge is 2.59. The summed E-state index contributed by atoms with van der Waals surface area (Å²) in [6, 6.07) is 9.70. The number of piperidine rings is 1. The summed E-state index contributed by atoms with van der Waals surface area (Å²) in [5.41, 5.74) is 6.41. The average Bonchev–Trinajstić information content (AvgIpc) is 3.19. The van der Waals surface area contributed by atoms with E-state index in [4.69, 9.17) is 15.2 Å². The monoisotopic (exact) mass is 276 g/mol. The van der Waals surface area contributed by atoms with Gasteiger partial charge in [-0.15, -0.1) is 0 Å². The Balaban J connectivity index is 1.53. The molecule has 2 fully saturated rings. The first-order valence-corrected chi connectivity index (χ1v) is 7.07. The summed E-state index contributed by atoms with van der Waals surface area (Å²) < 4.78 is 11.1. The number of likely N-dealkylation sites (tertiary alicyclic amines) is 1. The Hall–Kier alpha value is -1.59. The number of nitrogens with two attached hydrogens (primary N) is 1. The Bertz CT molecular complexity index is 479. The summed E-state index contributed by atoms with van der Waals surface area (Å²) >= 11 is 0. The molecule has 0 radical (unpaired) electrons. The highest BCUT2D eigenvalue weighted by molar-refractivity contribution is 5.68. The van der Waals surface area contributed by atoms with E-state index in [0.29, 0.717) is 26.2 Å². The Kier molecular flexibility index (Phi) is 3.63. The molecule has 2 saturated heterocycles. The largest absolute Gasteiger partial charge is 0.445 e. The molecule has 2 aliphatic rings. The lowest BCUT2D eigenvalue weighted by molar-refractivity contribution is 0.0830. The minimum absolute atomic E-state index is 0.196. The quantitative estimate of drug-likeness (QED) is 0.847. The van der Waals surface area contributed by atoms with Crippen LogP contribution in [0.5, 0.6) is 0 Å². The molecule has 2 atom stereocenters. The molecular weight excluding hydrogens is 256 g/mol. The van der Waals surface area contributed by atoms with Crippen LogP contribution in [0.15, 0.2) is 30.3 Å². The second-order valence-corrected chi connectivity index (χ2v) is 5.46. The maximum atomic E-state index is 12.1. The Morgan fingerprint density at radius 2 is 2.25 bits per heavy atom. The summed E-state index contributed by atoms with van der Waals surface area (Å²) in [5, 5.41) is 0. The lowest BCUT2D eigenvalue weighted by Gasteiger charge is -2.28. The van der Waals surface area contributed by atoms with Crippen LogP contribution >= 0.6 is 0 Å². The van der Waals surface area contributed by atoms with Crippen LogP contribution in [0.2, 0.25) is 0 Å². The number of epoxide rings is 1. The van der Waals surface area contributed by atoms with E-state index in [1.807, 2.05) is 30.3 Å². The smallest absolute Gasteiger partial charge is 0.410 e. The van der Waals surface area contributed by atoms with E-state index in [2.05, 4.69) is 0 Å². The van der Waals surface area contributed by atoms with Crippen molar-refractivity contribution in [1.82, 2.24) is 4.90 Å². The predicted octanol–water partition coefficient (Wildman–Crippen LogP) is 1.52. The van der Waals surface area contributed by atoms with E-state index in [1.54, 1.807) is 4.90 Å². The molecule has 1 aromatic rings. The van der Waals surface area contributed by atoms with Crippen molar-refractivity contribution in [3.63, 3.8) is 0 Å². The van der Waals surface area contributed by atoms with Crippen molar-refractivity contribution < 1.29 is 14.3 Å². The summed E-state index contributed by atoms with van der Waals surface area (Å²) in [5.74, 6) is 0. The summed E-state index contributed by atoms with van der Waals surface area (Å²) in [7, 11) is 0. The summed E-state index contributed by atoms with van der Waals surface area (Å²) in [6.45, 7) is 2.20. The van der Waals surface area contributed by atoms with Crippen LogP contribution < -0.4 is 5.73 Å². The van der Waals surface area contributed by atoms with Gasteiger partial charge in [0.25, 0.3) is 0 Å². The van der Waals surface area contributed by atoms with Gasteiger partial charge in [0.05, 0.1) is 12.6 Å². The van der Waals surface area contributed by atoms with Crippen LogP contribution in [-0.4, -0.2) is 42.3 Å². The van der Waals surface area contributed by atoms with Crippen LogP contribution in [0.3, 0.4) is 0 Å². The number of rotatable bonds is 4. The van der Waals surface area contributed by atoms with Gasteiger partial charge in [-0.3, -0.25) is 0 Å². The SMILES string of the molecule is NCCC12CN(C(=O)OCc3ccccc3)CCC1O2. The number of benzene rings is 1. The third-order valence-electron chi connectivity index (χ3n) is 4.06. The molecule has 3 rings (SSSR count). The molecule has 0 aromatic heterocycles. The van der Waals surface area contributed by atoms with Crippen LogP contribution in [0.4, 0.5) is 4.79 Å². The van der Waals surface area contributed by atoms with Gasteiger partial charge < -0.3 is 20.1 Å². The third kappa shape index (κ3) is 2.64. The minimum atomic E-state index is -0.265. The van der Waals surface area contributed by atoms with Crippen LogP contribution in [-0.2, 0) is 16.1 Å². The number of amides is 1. The lowest BCUT2D eigenvalue weighted by atomic mass is 9.95. The van der Waals surface area contributed by atoms with Crippen molar-refractivity contribution >= 4 is 6.09 Å². The average molecular weight is 276 g/mol. The van der Waals surface area contributed by atoms with Crippen molar-refractivity contribution in [2.24, 2.45) is 5.73 Å². The number of fused-ring (bicyclic) bond motifs is 1. The minimum Gasteiger partial charge on any atom is -0.445 e. The molecule has 5 heteroatoms. The first-order valence-electron chi connectivity index (χ1n) is 7.07. The van der Waals surface area contributed by atoms with Crippen molar-refractivity contribution in [3.05, 3.63) is 35.9 Å². The van der Waals surface area contributed by atoms with Gasteiger partial charge in [0, 0.05) is 6.54 Å². The molecule has 2 N–H and O–H groups in total. The van der Waals surface area contributed by atoms with Crippen molar-refractivity contribution in [3.8, 4) is 0 Å². The number of ether oxygens (including phenoxy) is 2. The van der Waals surface area contributed by atoms with E-state index in [1.165, 1.54) is 0 Å². The van der Waals surface area contributed by atoms with E-state index in [9.17, 15) is 4.79 Å². The lowest BCUT2D eigenvalue weighted by Crippen LogP contribution is -2.45. The third-order valence-corrected chi connectivity index (χ3v) is 4.06. The van der Waals surface area contributed by atoms with Gasteiger partial charge in [-0.05, 0) is 24.9 Å². The highest BCUT2D eigenvalue weighted by atomic mass is 16.6. The molecule has 0 aliphatic carbocycles. The number of carbonyl (C=O) groups excluding carboxylic acids is 1. The highest BCUT2D eigenvalue weighted by Crippen LogP contribution is 2.45. The molecule has 1 amide bonds. The second kappa shape index (κ2) is 5.42. The molecule has 2 heterocycles. The van der Waals surface area contributed by atoms with Gasteiger partial charge in [0.1, 0.15) is 12.2 Å². The van der Waals surface area contributed by atoms with Crippen LogP contribution in [0, 0.1) is 0 Å². The number of hydrogen-bond acceptors (Lipinski definition) is 4. The van der Waals surface area contributed by atoms with E-state index in [0.717, 1.165) is 18.4 Å². The summed E-state index contributed by atoms with van der Waals surface area (Å²) in [4.78, 5) is 13.8. The fourth-order valence-electron chi connectivity index (χ4n) is 2.90. The molecule has 2 unspecified atom stereocenters. The van der Waals surface area contributed by atoms with Gasteiger partial charge >= 0.3 is 6.09 Å². The van der Waals surface area contributed by atoms with E-state index in [-0.39, 0.29) is 17.8 Å². The topological polar surface area (TPSA) is 68.1 Å². The molecule has 0 spiro atoms. The van der Waals surface area contributed by atoms with Crippen molar-refractivity contribution in [2.75, 3.05) is 19.6 Å². The maximum absolute atomic E-state index is 12.1. The number of nitrogens with zero attached hydrogens (tertiary/aromatic N) is 1. The van der Waals surface area contributed by atoms with Gasteiger partial charge in [0.15, 0.2) is 0 Å². The zero-order valence-corrected chi connectivity index (χ0v) is 11.5. The fourth-order valence-corrected chi connectivity index (χ4v) is 2.90. The standard InChI is InChI=1S/C15H20N2O3/c16-8-7-15-11-17(9-6-13(15)20-15)14(18)19-10-12-4-2-1-3-5-12/h1-5,13H,6-11,16H2. The molecule has 5 nitrogen and oxygen atoms in total. The molecular formula is C15H20N2O3. The van der Waals surface area contributed by atoms with Gasteiger partial charge in [-0.1, -0.05) is 30.3 Å². The first kappa shape index (κ1) is 13.4. The molecule has 1 aromatic carbocycles. The van der Waals surface area contributed by atoms with Crippen molar-refractivity contribution in [2.45, 2.75) is 31.2 Å². The molecule has 2 aliphatic heterocycles. The zero-order chi connectivity index (χ0) is 14.0. The first-order chi connectivity index (χ1) is 9.73. The normalized spacial score (nSPS) is 27.9. The molecule has 0 saturated carbocycles. The Labute approximate surface area is 118 Å². The van der Waals surface area contributed by atoms with E-state index >= 15 is 0 Å².